The van der Waals surface area contributed by atoms with Gasteiger partial charge in [0.25, 0.3) is 5.91 Å². The summed E-state index contributed by atoms with van der Waals surface area (Å²) in [5.41, 5.74) is 0. The number of rotatable bonds is 7. The topological polar surface area (TPSA) is 41.6 Å². The van der Waals surface area contributed by atoms with Crippen LogP contribution in [0.5, 0.6) is 5.75 Å². The zero-order chi connectivity index (χ0) is 15.9. The molecule has 1 saturated heterocycles. The molecule has 22 heavy (non-hydrogen) atoms. The Morgan fingerprint density at radius 3 is 2.73 bits per heavy atom. The second-order valence-electron chi connectivity index (χ2n) is 5.61. The van der Waals surface area contributed by atoms with Crippen molar-refractivity contribution in [1.82, 2.24) is 10.2 Å². The summed E-state index contributed by atoms with van der Waals surface area (Å²) in [6, 6.07) is 8.19. The smallest absolute Gasteiger partial charge is 0.263 e. The SMILES string of the molecule is CCCN(C(=O)C(C)Oc1ccc(SC)cc1)C1CCNC1. The lowest BCUT2D eigenvalue weighted by atomic mass is 10.2. The minimum atomic E-state index is -0.452. The summed E-state index contributed by atoms with van der Waals surface area (Å²) in [5.74, 6) is 0.837. The van der Waals surface area contributed by atoms with E-state index in [9.17, 15) is 4.79 Å². The van der Waals surface area contributed by atoms with Crippen LogP contribution in [0, 0.1) is 0 Å². The molecule has 2 rings (SSSR count). The molecule has 0 saturated carbocycles. The molecule has 2 unspecified atom stereocenters. The van der Waals surface area contributed by atoms with Crippen LogP contribution in [0.1, 0.15) is 26.7 Å². The van der Waals surface area contributed by atoms with Gasteiger partial charge in [-0.15, -0.1) is 11.8 Å². The lowest BCUT2D eigenvalue weighted by Crippen LogP contribution is -2.47. The van der Waals surface area contributed by atoms with Gasteiger partial charge in [0.15, 0.2) is 6.10 Å². The van der Waals surface area contributed by atoms with E-state index < -0.39 is 6.10 Å². The van der Waals surface area contributed by atoms with Crippen LogP contribution in [-0.2, 0) is 4.79 Å². The molecule has 1 aromatic rings. The third kappa shape index (κ3) is 4.40. The van der Waals surface area contributed by atoms with Gasteiger partial charge in [0.2, 0.25) is 0 Å². The van der Waals surface area contributed by atoms with Gasteiger partial charge in [-0.1, -0.05) is 6.92 Å². The number of hydrogen-bond donors (Lipinski definition) is 1. The van der Waals surface area contributed by atoms with Crippen LogP contribution in [0.2, 0.25) is 0 Å². The van der Waals surface area contributed by atoms with Crippen molar-refractivity contribution >= 4 is 17.7 Å². The molecule has 0 aromatic heterocycles. The van der Waals surface area contributed by atoms with Crippen molar-refractivity contribution in [3.05, 3.63) is 24.3 Å². The molecule has 0 bridgehead atoms. The lowest BCUT2D eigenvalue weighted by molar-refractivity contribution is -0.140. The lowest BCUT2D eigenvalue weighted by Gasteiger charge is -2.30. The van der Waals surface area contributed by atoms with Crippen molar-refractivity contribution in [3.63, 3.8) is 0 Å². The second kappa shape index (κ2) is 8.44. The minimum absolute atomic E-state index is 0.0875. The van der Waals surface area contributed by atoms with Gasteiger partial charge >= 0.3 is 0 Å². The number of nitrogens with zero attached hydrogens (tertiary/aromatic N) is 1. The van der Waals surface area contributed by atoms with Crippen LogP contribution < -0.4 is 10.1 Å². The number of hydrogen-bond acceptors (Lipinski definition) is 4. The maximum absolute atomic E-state index is 12.7. The maximum Gasteiger partial charge on any atom is 0.263 e. The molecule has 1 fully saturated rings. The van der Waals surface area contributed by atoms with E-state index in [2.05, 4.69) is 12.2 Å². The van der Waals surface area contributed by atoms with E-state index >= 15 is 0 Å². The summed E-state index contributed by atoms with van der Waals surface area (Å²) in [5, 5.41) is 3.33. The first-order chi connectivity index (χ1) is 10.7. The molecule has 1 heterocycles. The summed E-state index contributed by atoms with van der Waals surface area (Å²) in [7, 11) is 0. The Bertz CT molecular complexity index is 472. The molecule has 4 nitrogen and oxygen atoms in total. The van der Waals surface area contributed by atoms with Gasteiger partial charge in [-0.25, -0.2) is 0 Å². The minimum Gasteiger partial charge on any atom is -0.481 e. The molecule has 1 amide bonds. The van der Waals surface area contributed by atoms with Crippen molar-refractivity contribution in [2.24, 2.45) is 0 Å². The number of nitrogens with one attached hydrogen (secondary N) is 1. The highest BCUT2D eigenvalue weighted by molar-refractivity contribution is 7.98. The number of carbonyl (C=O) groups is 1. The molecule has 2 atom stereocenters. The van der Waals surface area contributed by atoms with Crippen LogP contribution >= 0.6 is 11.8 Å². The van der Waals surface area contributed by atoms with Crippen molar-refractivity contribution in [2.75, 3.05) is 25.9 Å². The first-order valence-electron chi connectivity index (χ1n) is 7.97. The summed E-state index contributed by atoms with van der Waals surface area (Å²) in [6.45, 7) is 6.62. The highest BCUT2D eigenvalue weighted by Gasteiger charge is 2.29. The molecule has 0 aliphatic carbocycles. The molecular weight excluding hydrogens is 296 g/mol. The predicted molar refractivity (Wildman–Crippen MR) is 91.6 cm³/mol. The van der Waals surface area contributed by atoms with Gasteiger partial charge < -0.3 is 15.0 Å². The first-order valence-corrected chi connectivity index (χ1v) is 9.20. The zero-order valence-corrected chi connectivity index (χ0v) is 14.5. The van der Waals surface area contributed by atoms with Crippen LogP contribution in [-0.4, -0.2) is 48.8 Å². The molecule has 122 valence electrons. The Balaban J connectivity index is 1.98. The Kier molecular flexibility index (Phi) is 6.58. The van der Waals surface area contributed by atoms with E-state index in [1.54, 1.807) is 11.8 Å². The summed E-state index contributed by atoms with van der Waals surface area (Å²) in [6.07, 6.45) is 3.59. The van der Waals surface area contributed by atoms with Gasteiger partial charge in [0, 0.05) is 24.0 Å². The molecular formula is C17H26N2O2S. The number of benzene rings is 1. The molecule has 1 aliphatic heterocycles. The van der Waals surface area contributed by atoms with Crippen LogP contribution in [0.3, 0.4) is 0 Å². The number of carbonyl (C=O) groups excluding carboxylic acids is 1. The average molecular weight is 322 g/mol. The van der Waals surface area contributed by atoms with E-state index in [-0.39, 0.29) is 5.91 Å². The Morgan fingerprint density at radius 1 is 1.45 bits per heavy atom. The fourth-order valence-electron chi connectivity index (χ4n) is 2.76. The molecule has 1 N–H and O–H groups in total. The molecule has 5 heteroatoms. The highest BCUT2D eigenvalue weighted by Crippen LogP contribution is 2.21. The standard InChI is InChI=1S/C17H26N2O2S/c1-4-11-19(14-9-10-18-12-14)17(20)13(2)21-15-5-7-16(22-3)8-6-15/h5-8,13-14,18H,4,9-12H2,1-3H3. The van der Waals surface area contributed by atoms with E-state index in [0.717, 1.165) is 38.2 Å². The third-order valence-electron chi connectivity index (χ3n) is 3.94. The van der Waals surface area contributed by atoms with Crippen LogP contribution in [0.4, 0.5) is 0 Å². The zero-order valence-electron chi connectivity index (χ0n) is 13.7. The monoisotopic (exact) mass is 322 g/mol. The number of amides is 1. The quantitative estimate of drug-likeness (QED) is 0.784. The summed E-state index contributed by atoms with van der Waals surface area (Å²) >= 11 is 1.69. The van der Waals surface area contributed by atoms with Gasteiger partial charge in [-0.2, -0.15) is 0 Å². The van der Waals surface area contributed by atoms with E-state index in [0.29, 0.717) is 6.04 Å². The number of ether oxygens (including phenoxy) is 1. The van der Waals surface area contributed by atoms with Crippen molar-refractivity contribution in [1.29, 1.82) is 0 Å². The van der Waals surface area contributed by atoms with E-state index in [4.69, 9.17) is 4.74 Å². The molecule has 1 aliphatic rings. The van der Waals surface area contributed by atoms with Crippen LogP contribution in [0.15, 0.2) is 29.2 Å². The Labute approximate surface area is 137 Å². The average Bonchev–Trinajstić information content (AvgIpc) is 3.06. The van der Waals surface area contributed by atoms with Crippen molar-refractivity contribution in [2.45, 2.75) is 43.7 Å². The first kappa shape index (κ1) is 17.2. The second-order valence-corrected chi connectivity index (χ2v) is 6.49. The Hall–Kier alpha value is -1.20. The predicted octanol–water partition coefficient (Wildman–Crippen LogP) is 2.78. The van der Waals surface area contributed by atoms with E-state index in [1.807, 2.05) is 42.3 Å². The largest absolute Gasteiger partial charge is 0.481 e. The van der Waals surface area contributed by atoms with Crippen molar-refractivity contribution in [3.8, 4) is 5.75 Å². The van der Waals surface area contributed by atoms with Gasteiger partial charge in [-0.05, 0) is 56.8 Å². The van der Waals surface area contributed by atoms with E-state index in [1.165, 1.54) is 4.90 Å². The van der Waals surface area contributed by atoms with Gasteiger partial charge in [-0.3, -0.25) is 4.79 Å². The van der Waals surface area contributed by atoms with Crippen molar-refractivity contribution < 1.29 is 9.53 Å². The Morgan fingerprint density at radius 2 is 2.18 bits per heavy atom. The number of thioether (sulfide) groups is 1. The molecule has 1 aromatic carbocycles. The van der Waals surface area contributed by atoms with Gasteiger partial charge in [0.05, 0.1) is 0 Å². The fraction of sp³-hybridized carbons (Fsp3) is 0.588. The molecule has 0 radical (unpaired) electrons. The third-order valence-corrected chi connectivity index (χ3v) is 4.69. The normalized spacial score (nSPS) is 19.0. The van der Waals surface area contributed by atoms with Crippen LogP contribution in [0.25, 0.3) is 0 Å². The summed E-state index contributed by atoms with van der Waals surface area (Å²) in [4.78, 5) is 15.9. The maximum atomic E-state index is 12.7. The fourth-order valence-corrected chi connectivity index (χ4v) is 3.17. The highest BCUT2D eigenvalue weighted by atomic mass is 32.2. The van der Waals surface area contributed by atoms with Gasteiger partial charge in [0.1, 0.15) is 5.75 Å². The molecule has 0 spiro atoms. The summed E-state index contributed by atoms with van der Waals surface area (Å²) < 4.78 is 5.84.